The predicted octanol–water partition coefficient (Wildman–Crippen LogP) is 5.34. The Morgan fingerprint density at radius 2 is 2.10 bits per heavy atom. The van der Waals surface area contributed by atoms with Gasteiger partial charge in [-0.3, -0.25) is 0 Å². The van der Waals surface area contributed by atoms with E-state index < -0.39 is 11.4 Å². The summed E-state index contributed by atoms with van der Waals surface area (Å²) in [7, 11) is 0. The van der Waals surface area contributed by atoms with Gasteiger partial charge in [-0.1, -0.05) is 24.3 Å². The number of benzene rings is 2. The van der Waals surface area contributed by atoms with Gasteiger partial charge in [-0.15, -0.1) is 11.3 Å². The second-order valence-corrected chi connectivity index (χ2v) is 7.18. The standard InChI is InChI=1S/C22H14FN3O2S/c1-13-6-7-17(23)18(8-13)25-11-15(10-24)21-26-19(12-29-21)16-9-14-4-2-3-5-20(14)28-22(16)27/h2-9,11-12,25H,1H3/b15-11-. The van der Waals surface area contributed by atoms with Gasteiger partial charge < -0.3 is 9.73 Å². The molecule has 4 rings (SSSR count). The topological polar surface area (TPSA) is 78.9 Å². The van der Waals surface area contributed by atoms with Crippen LogP contribution >= 0.6 is 11.3 Å². The first-order chi connectivity index (χ1) is 14.0. The van der Waals surface area contributed by atoms with Crippen LogP contribution in [-0.2, 0) is 0 Å². The Hall–Kier alpha value is -3.76. The molecule has 0 bridgehead atoms. The lowest BCUT2D eigenvalue weighted by Crippen LogP contribution is -2.03. The van der Waals surface area contributed by atoms with Crippen molar-refractivity contribution in [1.29, 1.82) is 5.26 Å². The van der Waals surface area contributed by atoms with Crippen LogP contribution in [0.2, 0.25) is 0 Å². The van der Waals surface area contributed by atoms with Crippen LogP contribution in [0, 0.1) is 24.1 Å². The molecule has 0 atom stereocenters. The number of aryl methyl sites for hydroxylation is 1. The highest BCUT2D eigenvalue weighted by Gasteiger charge is 2.14. The summed E-state index contributed by atoms with van der Waals surface area (Å²) in [5, 5.41) is 15.2. The third kappa shape index (κ3) is 3.79. The molecule has 0 saturated heterocycles. The van der Waals surface area contributed by atoms with Gasteiger partial charge in [-0.05, 0) is 36.8 Å². The molecule has 29 heavy (non-hydrogen) atoms. The Morgan fingerprint density at radius 3 is 2.93 bits per heavy atom. The minimum atomic E-state index is -0.497. The molecule has 2 heterocycles. The fourth-order valence-corrected chi connectivity index (χ4v) is 3.59. The minimum absolute atomic E-state index is 0.229. The number of nitrogens with zero attached hydrogens (tertiary/aromatic N) is 2. The summed E-state index contributed by atoms with van der Waals surface area (Å²) in [4.78, 5) is 16.7. The third-order valence-electron chi connectivity index (χ3n) is 4.27. The van der Waals surface area contributed by atoms with E-state index >= 15 is 0 Å². The maximum absolute atomic E-state index is 13.9. The van der Waals surface area contributed by atoms with Crippen molar-refractivity contribution in [2.75, 3.05) is 5.32 Å². The van der Waals surface area contributed by atoms with E-state index in [0.29, 0.717) is 21.8 Å². The number of nitriles is 1. The first-order valence-electron chi connectivity index (χ1n) is 8.67. The summed E-state index contributed by atoms with van der Waals surface area (Å²) in [5.74, 6) is -0.419. The number of halogens is 1. The van der Waals surface area contributed by atoms with Gasteiger partial charge in [0.05, 0.1) is 16.9 Å². The summed E-state index contributed by atoms with van der Waals surface area (Å²) in [5.41, 5.74) is 2.13. The molecular formula is C22H14FN3O2S. The van der Waals surface area contributed by atoms with Crippen LogP contribution in [0.4, 0.5) is 10.1 Å². The molecule has 7 heteroatoms. The van der Waals surface area contributed by atoms with Crippen molar-refractivity contribution in [1.82, 2.24) is 4.98 Å². The molecule has 2 aromatic carbocycles. The number of hydrogen-bond acceptors (Lipinski definition) is 6. The number of thiazole rings is 1. The van der Waals surface area contributed by atoms with Crippen LogP contribution < -0.4 is 10.9 Å². The molecule has 4 aromatic rings. The van der Waals surface area contributed by atoms with E-state index in [1.807, 2.05) is 19.1 Å². The number of rotatable bonds is 4. The van der Waals surface area contributed by atoms with Gasteiger partial charge in [0.2, 0.25) is 0 Å². The van der Waals surface area contributed by atoms with E-state index in [0.717, 1.165) is 10.9 Å². The smallest absolute Gasteiger partial charge is 0.345 e. The molecule has 2 aromatic heterocycles. The Kier molecular flexibility index (Phi) is 4.94. The summed E-state index contributed by atoms with van der Waals surface area (Å²) in [6.45, 7) is 1.85. The molecule has 0 saturated carbocycles. The van der Waals surface area contributed by atoms with Crippen molar-refractivity contribution >= 4 is 33.6 Å². The van der Waals surface area contributed by atoms with Gasteiger partial charge in [0, 0.05) is 17.0 Å². The van der Waals surface area contributed by atoms with Crippen LogP contribution in [0.25, 0.3) is 27.8 Å². The maximum atomic E-state index is 13.9. The average molecular weight is 403 g/mol. The van der Waals surface area contributed by atoms with E-state index in [1.165, 1.54) is 23.6 Å². The van der Waals surface area contributed by atoms with Crippen LogP contribution in [-0.4, -0.2) is 4.98 Å². The molecule has 0 unspecified atom stereocenters. The fourth-order valence-electron chi connectivity index (χ4n) is 2.80. The molecule has 0 aliphatic carbocycles. The Morgan fingerprint density at radius 1 is 1.28 bits per heavy atom. The van der Waals surface area contributed by atoms with Gasteiger partial charge in [0.1, 0.15) is 28.1 Å². The maximum Gasteiger partial charge on any atom is 0.345 e. The highest BCUT2D eigenvalue weighted by Crippen LogP contribution is 2.26. The molecular weight excluding hydrogens is 389 g/mol. The number of anilines is 1. The number of allylic oxidation sites excluding steroid dienone is 1. The Labute approximate surface area is 169 Å². The van der Waals surface area contributed by atoms with E-state index in [9.17, 15) is 14.4 Å². The molecule has 0 aliphatic rings. The summed E-state index contributed by atoms with van der Waals surface area (Å²) in [6.07, 6.45) is 1.41. The van der Waals surface area contributed by atoms with Gasteiger partial charge >= 0.3 is 5.63 Å². The van der Waals surface area contributed by atoms with Crippen molar-refractivity contribution in [2.24, 2.45) is 0 Å². The molecule has 5 nitrogen and oxygen atoms in total. The normalized spacial score (nSPS) is 11.4. The zero-order valence-electron chi connectivity index (χ0n) is 15.3. The van der Waals surface area contributed by atoms with Crippen molar-refractivity contribution in [3.63, 3.8) is 0 Å². The van der Waals surface area contributed by atoms with Crippen LogP contribution in [0.15, 0.2) is 69.3 Å². The lowest BCUT2D eigenvalue weighted by molar-refractivity contribution is 0.563. The number of hydrogen-bond donors (Lipinski definition) is 1. The van der Waals surface area contributed by atoms with E-state index in [2.05, 4.69) is 16.4 Å². The second kappa shape index (κ2) is 7.70. The molecule has 0 amide bonds. The minimum Gasteiger partial charge on any atom is -0.422 e. The predicted molar refractivity (Wildman–Crippen MR) is 112 cm³/mol. The molecule has 142 valence electrons. The molecule has 0 aliphatic heterocycles. The van der Waals surface area contributed by atoms with Crippen molar-refractivity contribution in [3.05, 3.63) is 86.9 Å². The SMILES string of the molecule is Cc1ccc(F)c(N/C=C(/C#N)c2nc(-c3cc4ccccc4oc3=O)cs2)c1. The third-order valence-corrected chi connectivity index (χ3v) is 5.14. The van der Waals surface area contributed by atoms with E-state index in [-0.39, 0.29) is 11.3 Å². The average Bonchev–Trinajstić information content (AvgIpc) is 3.20. The lowest BCUT2D eigenvalue weighted by atomic mass is 10.1. The van der Waals surface area contributed by atoms with Crippen molar-refractivity contribution < 1.29 is 8.81 Å². The molecule has 0 spiro atoms. The highest BCUT2D eigenvalue weighted by atomic mass is 32.1. The van der Waals surface area contributed by atoms with Crippen molar-refractivity contribution in [3.8, 4) is 17.3 Å². The number of para-hydroxylation sites is 1. The lowest BCUT2D eigenvalue weighted by Gasteiger charge is -2.04. The molecule has 0 radical (unpaired) electrons. The largest absolute Gasteiger partial charge is 0.422 e. The molecule has 0 fully saturated rings. The fraction of sp³-hybridized carbons (Fsp3) is 0.0455. The monoisotopic (exact) mass is 403 g/mol. The number of nitrogens with one attached hydrogen (secondary N) is 1. The summed E-state index contributed by atoms with van der Waals surface area (Å²) >= 11 is 1.22. The van der Waals surface area contributed by atoms with E-state index in [1.54, 1.807) is 35.7 Å². The van der Waals surface area contributed by atoms with Crippen LogP contribution in [0.5, 0.6) is 0 Å². The van der Waals surface area contributed by atoms with Gasteiger partial charge in [0.15, 0.2) is 0 Å². The summed E-state index contributed by atoms with van der Waals surface area (Å²) in [6, 6.07) is 15.7. The van der Waals surface area contributed by atoms with Crippen LogP contribution in [0.1, 0.15) is 10.6 Å². The number of fused-ring (bicyclic) bond motifs is 1. The molecule has 1 N–H and O–H groups in total. The zero-order valence-corrected chi connectivity index (χ0v) is 16.1. The van der Waals surface area contributed by atoms with Gasteiger partial charge in [-0.2, -0.15) is 5.26 Å². The Bertz CT molecular complexity index is 1350. The van der Waals surface area contributed by atoms with Crippen molar-refractivity contribution in [2.45, 2.75) is 6.92 Å². The second-order valence-electron chi connectivity index (χ2n) is 6.32. The van der Waals surface area contributed by atoms with E-state index in [4.69, 9.17) is 4.42 Å². The highest BCUT2D eigenvalue weighted by molar-refractivity contribution is 7.11. The summed E-state index contributed by atoms with van der Waals surface area (Å²) < 4.78 is 19.2. The Balaban J connectivity index is 1.67. The van der Waals surface area contributed by atoms with Gasteiger partial charge in [0.25, 0.3) is 0 Å². The van der Waals surface area contributed by atoms with Gasteiger partial charge in [-0.25, -0.2) is 14.2 Å². The number of aromatic nitrogens is 1. The quantitative estimate of drug-likeness (QED) is 0.367. The first kappa shape index (κ1) is 18.6. The zero-order chi connectivity index (χ0) is 20.4. The van der Waals surface area contributed by atoms with Crippen LogP contribution in [0.3, 0.4) is 0 Å². The first-order valence-corrected chi connectivity index (χ1v) is 9.55.